The number of halogens is 3. The molecule has 4 amide bonds. The van der Waals surface area contributed by atoms with Crippen molar-refractivity contribution >= 4 is 46.2 Å². The molecule has 6 bridgehead atoms. The predicted molar refractivity (Wildman–Crippen MR) is 313 cm³/mol. The lowest BCUT2D eigenvalue weighted by molar-refractivity contribution is -0.155. The summed E-state index contributed by atoms with van der Waals surface area (Å²) in [6.45, 7) is 15.2. The van der Waals surface area contributed by atoms with Gasteiger partial charge < -0.3 is 34.1 Å². The minimum absolute atomic E-state index is 0.0399. The number of hydrazine groups is 1. The molecule has 1 aliphatic carbocycles. The molecule has 5 saturated heterocycles. The van der Waals surface area contributed by atoms with E-state index >= 15 is 18.0 Å². The van der Waals surface area contributed by atoms with Crippen LogP contribution in [0, 0.1) is 16.7 Å². The maximum atomic E-state index is 15.2. The summed E-state index contributed by atoms with van der Waals surface area (Å²) >= 11 is 0. The summed E-state index contributed by atoms with van der Waals surface area (Å²) in [6, 6.07) is 13.1. The van der Waals surface area contributed by atoms with Crippen molar-refractivity contribution in [2.24, 2.45) is 16.7 Å². The second-order valence-electron chi connectivity index (χ2n) is 26.4. The van der Waals surface area contributed by atoms with Gasteiger partial charge in [0.1, 0.15) is 24.7 Å². The minimum atomic E-state index is -4.61. The number of methoxy groups -OCH3 is 1. The Morgan fingerprint density at radius 1 is 0.929 bits per heavy atom. The number of esters is 1. The summed E-state index contributed by atoms with van der Waals surface area (Å²) in [7, 11) is 4.99. The summed E-state index contributed by atoms with van der Waals surface area (Å²) < 4.78 is 59.1. The van der Waals surface area contributed by atoms with Crippen molar-refractivity contribution in [2.45, 2.75) is 135 Å². The third-order valence-corrected chi connectivity index (χ3v) is 18.8. The Morgan fingerprint density at radius 2 is 1.68 bits per heavy atom. The summed E-state index contributed by atoms with van der Waals surface area (Å²) in [6.07, 6.45) is 1.87. The molecule has 2 N–H and O–H groups in total. The van der Waals surface area contributed by atoms with Gasteiger partial charge in [0.15, 0.2) is 0 Å². The fourth-order valence-electron chi connectivity index (χ4n) is 13.9. The zero-order valence-electron chi connectivity index (χ0n) is 50.1. The zero-order chi connectivity index (χ0) is 59.6. The van der Waals surface area contributed by atoms with E-state index in [1.54, 1.807) is 27.3 Å². The van der Waals surface area contributed by atoms with Gasteiger partial charge in [-0.2, -0.15) is 13.2 Å². The van der Waals surface area contributed by atoms with E-state index in [1.807, 2.05) is 93.1 Å². The van der Waals surface area contributed by atoms with Crippen LogP contribution >= 0.6 is 0 Å². The number of rotatable bonds is 13. The zero-order valence-corrected chi connectivity index (χ0v) is 50.1. The quantitative estimate of drug-likeness (QED) is 0.113. The number of ether oxygens (including phenoxy) is 2. The van der Waals surface area contributed by atoms with Gasteiger partial charge in [-0.1, -0.05) is 58.0 Å². The van der Waals surface area contributed by atoms with E-state index in [9.17, 15) is 19.2 Å². The van der Waals surface area contributed by atoms with E-state index in [0.717, 1.165) is 61.4 Å². The first-order chi connectivity index (χ1) is 40.0. The lowest BCUT2D eigenvalue weighted by atomic mass is 9.84. The highest BCUT2D eigenvalue weighted by Gasteiger charge is 2.52. The van der Waals surface area contributed by atoms with Gasteiger partial charge in [-0.15, -0.1) is 0 Å². The highest BCUT2D eigenvalue weighted by molar-refractivity contribution is 5.96. The first-order valence-electron chi connectivity index (χ1n) is 30.3. The SMILES string of the molecule is CO[C@@H](C)c1ncc(N2CCN(C3CC3)CC2)cc1-c1c2c3cc(ccc3n1CC(F)(F)F)-c1cccc(c1)C[C@H](NC(=O)C(C(C)C)N1CC[C@]3(CCN(C(=O)[C@H]4CN4CC(=O)N(C)C)C3)C1)C(=O)N1CCC[C@H](N1)C(=O)OCC(C)(C)C2. The molecule has 7 aliphatic rings. The van der Waals surface area contributed by atoms with E-state index in [2.05, 4.69) is 25.4 Å². The van der Waals surface area contributed by atoms with E-state index in [0.29, 0.717) is 91.6 Å². The number of fused-ring (bicyclic) bond motifs is 6. The Balaban J connectivity index is 0.926. The summed E-state index contributed by atoms with van der Waals surface area (Å²) in [5.74, 6) is -1.39. The normalized spacial score (nSPS) is 25.9. The Kier molecular flexibility index (Phi) is 16.8. The van der Waals surface area contributed by atoms with Gasteiger partial charge in [0.2, 0.25) is 17.7 Å². The number of pyridine rings is 1. The van der Waals surface area contributed by atoms with E-state index in [1.165, 1.54) is 27.3 Å². The fraction of sp³-hybridized carbons (Fsp3) is 0.619. The average Bonchev–Trinajstić information content (AvgIpc) is 2.17. The molecule has 1 spiro atoms. The minimum Gasteiger partial charge on any atom is -0.464 e. The number of nitrogens with zero attached hydrogens (tertiary/aromatic N) is 9. The van der Waals surface area contributed by atoms with Crippen molar-refractivity contribution in [1.29, 1.82) is 0 Å². The van der Waals surface area contributed by atoms with Gasteiger partial charge >= 0.3 is 12.1 Å². The molecule has 4 aromatic rings. The van der Waals surface area contributed by atoms with Crippen molar-refractivity contribution in [2.75, 3.05) is 105 Å². The lowest BCUT2D eigenvalue weighted by Crippen LogP contribution is -2.62. The first-order valence-corrected chi connectivity index (χ1v) is 30.3. The number of anilines is 1. The number of piperazine rings is 1. The molecule has 18 nitrogen and oxygen atoms in total. The third-order valence-electron chi connectivity index (χ3n) is 18.8. The molecule has 7 atom stereocenters. The van der Waals surface area contributed by atoms with Crippen LogP contribution in [0.1, 0.15) is 96.1 Å². The standard InChI is InChI=1S/C63H84F3N11O7/c1-39(2)55(73-21-18-62(35-73)19-22-74(36-62)59(81)52-33-75(52)34-53(78)70(6)7)57(79)68-50-28-41-11-9-12-42(27-41)43-14-17-51-46(29-43)48(31-61(4,5)38-84-60(82)49-13-10-20-77(69-49)58(50)80)56(76(51)37-63(64,65)66)47-30-45(32-67-54(47)40(3)83-8)72-25-23-71(24-26-72)44-15-16-44/h9,11-12,14,17,27,29-30,32,39-40,44,49-50,52,55,69H,10,13,15-16,18-26,28,31,33-38H2,1-8H3,(H,68,79)/t40-,49-,50-,52+,55?,62-,75?/m0/s1. The maximum absolute atomic E-state index is 15.2. The molecule has 2 unspecified atom stereocenters. The van der Waals surface area contributed by atoms with Crippen LogP contribution < -0.4 is 15.6 Å². The van der Waals surface area contributed by atoms with Crippen molar-refractivity contribution < 1.29 is 46.6 Å². The van der Waals surface area contributed by atoms with Crippen LogP contribution in [0.15, 0.2) is 54.7 Å². The van der Waals surface area contributed by atoms with Crippen LogP contribution in [-0.4, -0.2) is 205 Å². The Labute approximate surface area is 491 Å². The average molecular weight is 1160 g/mol. The van der Waals surface area contributed by atoms with Gasteiger partial charge in [-0.3, -0.25) is 48.7 Å². The highest BCUT2D eigenvalue weighted by atomic mass is 19.4. The molecule has 6 aliphatic heterocycles. The van der Waals surface area contributed by atoms with Gasteiger partial charge in [0, 0.05) is 120 Å². The number of aromatic nitrogens is 2. The lowest BCUT2D eigenvalue weighted by Gasteiger charge is -2.37. The fourth-order valence-corrected chi connectivity index (χ4v) is 13.9. The molecule has 11 rings (SSSR count). The number of benzene rings is 2. The van der Waals surface area contributed by atoms with E-state index in [4.69, 9.17) is 14.5 Å². The van der Waals surface area contributed by atoms with Crippen LogP contribution in [0.5, 0.6) is 0 Å². The Bertz CT molecular complexity index is 3150. The van der Waals surface area contributed by atoms with Crippen molar-refractivity contribution in [3.63, 3.8) is 0 Å². The number of amides is 4. The first kappa shape index (κ1) is 59.6. The van der Waals surface area contributed by atoms with Crippen LogP contribution in [0.3, 0.4) is 0 Å². The molecule has 0 radical (unpaired) electrons. The smallest absolute Gasteiger partial charge is 0.406 e. The van der Waals surface area contributed by atoms with Gasteiger partial charge in [-0.25, -0.2) is 5.43 Å². The van der Waals surface area contributed by atoms with E-state index < -0.39 is 54.2 Å². The Hall–Kier alpha value is -6.13. The van der Waals surface area contributed by atoms with Crippen LogP contribution in [0.25, 0.3) is 33.3 Å². The summed E-state index contributed by atoms with van der Waals surface area (Å²) in [4.78, 5) is 87.7. The maximum Gasteiger partial charge on any atom is 0.406 e. The number of alkyl halides is 3. The second kappa shape index (κ2) is 23.6. The topological polar surface area (TPSA) is 168 Å². The molecule has 2 aromatic carbocycles. The molecule has 2 aromatic heterocycles. The summed E-state index contributed by atoms with van der Waals surface area (Å²) in [5.41, 5.74) is 7.74. The number of likely N-dealkylation sites (N-methyl/N-ethyl adjacent to an activating group) is 1. The van der Waals surface area contributed by atoms with Crippen molar-refractivity contribution in [1.82, 2.24) is 49.8 Å². The number of likely N-dealkylation sites (tertiary alicyclic amines) is 2. The highest BCUT2D eigenvalue weighted by Crippen LogP contribution is 2.45. The molecule has 8 heterocycles. The molecule has 21 heteroatoms. The number of carbonyl (C=O) groups is 5. The predicted octanol–water partition coefficient (Wildman–Crippen LogP) is 6.29. The second-order valence-corrected chi connectivity index (χ2v) is 26.4. The molecule has 1 saturated carbocycles. The molecular weight excluding hydrogens is 1080 g/mol. The summed E-state index contributed by atoms with van der Waals surface area (Å²) in [5, 5.41) is 5.27. The van der Waals surface area contributed by atoms with Crippen molar-refractivity contribution in [3.8, 4) is 22.4 Å². The monoisotopic (exact) mass is 1160 g/mol. The van der Waals surface area contributed by atoms with Gasteiger partial charge in [-0.05, 0) is 105 Å². The van der Waals surface area contributed by atoms with E-state index in [-0.39, 0.29) is 61.1 Å². The van der Waals surface area contributed by atoms with Crippen molar-refractivity contribution in [3.05, 3.63) is 71.5 Å². The van der Waals surface area contributed by atoms with Gasteiger partial charge in [0.05, 0.1) is 48.6 Å². The number of hydrogen-bond donors (Lipinski definition) is 2. The largest absolute Gasteiger partial charge is 0.464 e. The molecular formula is C63H84F3N11O7. The van der Waals surface area contributed by atoms with Crippen LogP contribution in [-0.2, 0) is 52.8 Å². The van der Waals surface area contributed by atoms with Crippen LogP contribution in [0.2, 0.25) is 0 Å². The Morgan fingerprint density at radius 3 is 2.39 bits per heavy atom. The molecule has 6 fully saturated rings. The number of cyclic esters (lactones) is 1. The number of carbonyl (C=O) groups excluding carboxylic acids is 5. The van der Waals surface area contributed by atoms with Crippen LogP contribution in [0.4, 0.5) is 18.9 Å². The molecule has 84 heavy (non-hydrogen) atoms. The molecule has 454 valence electrons. The van der Waals surface area contributed by atoms with Gasteiger partial charge in [0.25, 0.3) is 5.91 Å². The number of nitrogens with one attached hydrogen (secondary N) is 2. The number of hydrogen-bond acceptors (Lipinski definition) is 13. The third kappa shape index (κ3) is 12.7.